The maximum atomic E-state index is 13.5. The Morgan fingerprint density at radius 1 is 1.03 bits per heavy atom. The highest BCUT2D eigenvalue weighted by Gasteiger charge is 2.33. The summed E-state index contributed by atoms with van der Waals surface area (Å²) in [6, 6.07) is 17.3. The van der Waals surface area contributed by atoms with Crippen LogP contribution in [0.25, 0.3) is 0 Å². The SMILES string of the molecule is CCOc1ccc2c(c1)CC1c3cc(OSc4cccc(F)c4)c(OC)cc3CCN1C2. The molecule has 0 saturated heterocycles. The first-order valence-corrected chi connectivity index (χ1v) is 11.7. The molecule has 0 amide bonds. The van der Waals surface area contributed by atoms with Gasteiger partial charge in [-0.2, -0.15) is 0 Å². The second-order valence-corrected chi connectivity index (χ2v) is 8.93. The van der Waals surface area contributed by atoms with Crippen LogP contribution in [0.1, 0.15) is 35.2 Å². The number of fused-ring (bicyclic) bond motifs is 4. The Morgan fingerprint density at radius 2 is 1.94 bits per heavy atom. The molecule has 0 aliphatic carbocycles. The second kappa shape index (κ2) is 9.04. The van der Waals surface area contributed by atoms with Gasteiger partial charge in [0.1, 0.15) is 11.6 Å². The lowest BCUT2D eigenvalue weighted by Gasteiger charge is -2.41. The Kier molecular flexibility index (Phi) is 5.98. The predicted octanol–water partition coefficient (Wildman–Crippen LogP) is 5.97. The van der Waals surface area contributed by atoms with Crippen LogP contribution < -0.4 is 13.7 Å². The third kappa shape index (κ3) is 4.17. The zero-order chi connectivity index (χ0) is 22.1. The molecule has 3 aromatic rings. The number of hydrogen-bond acceptors (Lipinski definition) is 5. The molecule has 0 radical (unpaired) electrons. The summed E-state index contributed by atoms with van der Waals surface area (Å²) in [6.07, 6.45) is 1.91. The van der Waals surface area contributed by atoms with Gasteiger partial charge >= 0.3 is 0 Å². The van der Waals surface area contributed by atoms with E-state index in [-0.39, 0.29) is 11.9 Å². The van der Waals surface area contributed by atoms with Crippen LogP contribution in [0.15, 0.2) is 59.5 Å². The molecule has 0 N–H and O–H groups in total. The van der Waals surface area contributed by atoms with Crippen molar-refractivity contribution in [3.05, 3.63) is 82.7 Å². The largest absolute Gasteiger partial charge is 0.494 e. The van der Waals surface area contributed by atoms with Crippen LogP contribution >= 0.6 is 12.0 Å². The van der Waals surface area contributed by atoms with E-state index in [0.717, 1.165) is 43.7 Å². The Bertz CT molecular complexity index is 1140. The van der Waals surface area contributed by atoms with Gasteiger partial charge in [-0.05, 0) is 84.5 Å². The Hall–Kier alpha value is -2.70. The molecule has 0 saturated carbocycles. The first kappa shape index (κ1) is 21.2. The van der Waals surface area contributed by atoms with Crippen LogP contribution in [0.3, 0.4) is 0 Å². The average molecular weight is 452 g/mol. The van der Waals surface area contributed by atoms with Gasteiger partial charge in [-0.3, -0.25) is 4.90 Å². The third-order valence-corrected chi connectivity index (χ3v) is 6.90. The lowest BCUT2D eigenvalue weighted by atomic mass is 9.84. The van der Waals surface area contributed by atoms with Gasteiger partial charge in [-0.1, -0.05) is 12.1 Å². The van der Waals surface area contributed by atoms with Crippen molar-refractivity contribution in [2.45, 2.75) is 37.2 Å². The van der Waals surface area contributed by atoms with Crippen molar-refractivity contribution in [1.29, 1.82) is 0 Å². The normalized spacial score (nSPS) is 17.2. The minimum atomic E-state index is -0.279. The minimum Gasteiger partial charge on any atom is -0.494 e. The monoisotopic (exact) mass is 451 g/mol. The van der Waals surface area contributed by atoms with E-state index in [0.29, 0.717) is 23.0 Å². The molecule has 1 atom stereocenters. The number of nitrogens with zero attached hydrogens (tertiary/aromatic N) is 1. The smallest absolute Gasteiger partial charge is 0.180 e. The quantitative estimate of drug-likeness (QED) is 0.431. The summed E-state index contributed by atoms with van der Waals surface area (Å²) in [4.78, 5) is 3.25. The maximum absolute atomic E-state index is 13.5. The van der Waals surface area contributed by atoms with Crippen LogP contribution in [0.2, 0.25) is 0 Å². The molecular weight excluding hydrogens is 425 g/mol. The van der Waals surface area contributed by atoms with E-state index >= 15 is 0 Å². The highest BCUT2D eigenvalue weighted by Crippen LogP contribution is 2.44. The summed E-state index contributed by atoms with van der Waals surface area (Å²) in [5.41, 5.74) is 5.30. The van der Waals surface area contributed by atoms with Crippen molar-refractivity contribution in [1.82, 2.24) is 4.90 Å². The van der Waals surface area contributed by atoms with Gasteiger partial charge in [0.05, 0.1) is 30.7 Å². The zero-order valence-electron chi connectivity index (χ0n) is 18.3. The van der Waals surface area contributed by atoms with E-state index in [9.17, 15) is 4.39 Å². The molecule has 32 heavy (non-hydrogen) atoms. The van der Waals surface area contributed by atoms with E-state index < -0.39 is 0 Å². The Balaban J connectivity index is 1.44. The summed E-state index contributed by atoms with van der Waals surface area (Å²) in [7, 11) is 1.66. The predicted molar refractivity (Wildman–Crippen MR) is 124 cm³/mol. The van der Waals surface area contributed by atoms with E-state index in [1.54, 1.807) is 13.2 Å². The lowest BCUT2D eigenvalue weighted by Crippen LogP contribution is -2.39. The van der Waals surface area contributed by atoms with Crippen molar-refractivity contribution >= 4 is 12.0 Å². The van der Waals surface area contributed by atoms with Crippen molar-refractivity contribution < 1.29 is 18.0 Å². The zero-order valence-corrected chi connectivity index (χ0v) is 19.1. The average Bonchev–Trinajstić information content (AvgIpc) is 2.81. The fraction of sp³-hybridized carbons (Fsp3) is 0.308. The molecule has 166 valence electrons. The molecule has 1 unspecified atom stereocenters. The molecule has 0 bridgehead atoms. The van der Waals surface area contributed by atoms with Crippen molar-refractivity contribution in [2.24, 2.45) is 0 Å². The van der Waals surface area contributed by atoms with Crippen LogP contribution in [-0.2, 0) is 19.4 Å². The summed E-state index contributed by atoms with van der Waals surface area (Å²) in [5, 5.41) is 0. The Labute approximate surface area is 192 Å². The molecule has 6 heteroatoms. The summed E-state index contributed by atoms with van der Waals surface area (Å²) in [6.45, 7) is 4.63. The molecular formula is C26H26FNO3S. The first-order chi connectivity index (χ1) is 15.6. The van der Waals surface area contributed by atoms with Gasteiger partial charge in [0, 0.05) is 19.1 Å². The topological polar surface area (TPSA) is 30.9 Å². The number of benzene rings is 3. The van der Waals surface area contributed by atoms with Crippen LogP contribution in [0.4, 0.5) is 4.39 Å². The molecule has 2 aliphatic rings. The number of hydrogen-bond donors (Lipinski definition) is 0. The lowest BCUT2D eigenvalue weighted by molar-refractivity contribution is 0.160. The van der Waals surface area contributed by atoms with Crippen molar-refractivity contribution in [3.63, 3.8) is 0 Å². The van der Waals surface area contributed by atoms with Gasteiger partial charge in [0.15, 0.2) is 11.5 Å². The molecule has 0 spiro atoms. The fourth-order valence-electron chi connectivity index (χ4n) is 4.66. The fourth-order valence-corrected chi connectivity index (χ4v) is 5.27. The van der Waals surface area contributed by atoms with Gasteiger partial charge in [0.2, 0.25) is 0 Å². The number of ether oxygens (including phenoxy) is 2. The van der Waals surface area contributed by atoms with E-state index in [4.69, 9.17) is 13.7 Å². The van der Waals surface area contributed by atoms with E-state index in [2.05, 4.69) is 35.2 Å². The molecule has 0 fully saturated rings. The van der Waals surface area contributed by atoms with E-state index in [1.165, 1.54) is 34.4 Å². The first-order valence-electron chi connectivity index (χ1n) is 10.9. The molecule has 3 aromatic carbocycles. The molecule has 2 heterocycles. The summed E-state index contributed by atoms with van der Waals surface area (Å²) < 4.78 is 30.9. The molecule has 0 aromatic heterocycles. The summed E-state index contributed by atoms with van der Waals surface area (Å²) in [5.74, 6) is 2.02. The van der Waals surface area contributed by atoms with Gasteiger partial charge in [-0.15, -0.1) is 0 Å². The highest BCUT2D eigenvalue weighted by atomic mass is 32.2. The maximum Gasteiger partial charge on any atom is 0.180 e. The van der Waals surface area contributed by atoms with Crippen LogP contribution in [0.5, 0.6) is 17.2 Å². The third-order valence-electron chi connectivity index (χ3n) is 6.19. The molecule has 4 nitrogen and oxygen atoms in total. The van der Waals surface area contributed by atoms with Gasteiger partial charge in [-0.25, -0.2) is 4.39 Å². The van der Waals surface area contributed by atoms with Gasteiger partial charge < -0.3 is 13.7 Å². The van der Waals surface area contributed by atoms with Crippen molar-refractivity contribution in [2.75, 3.05) is 20.3 Å². The number of rotatable bonds is 6. The minimum absolute atomic E-state index is 0.279. The van der Waals surface area contributed by atoms with Crippen LogP contribution in [-0.4, -0.2) is 25.2 Å². The number of methoxy groups -OCH3 is 1. The Morgan fingerprint density at radius 3 is 2.75 bits per heavy atom. The van der Waals surface area contributed by atoms with Gasteiger partial charge in [0.25, 0.3) is 0 Å². The standard InChI is InChI=1S/C26H26FNO3S/c1-3-30-21-8-7-18-16-28-10-9-17-13-25(29-2)26(15-23(17)24(28)12-19(18)11-21)31-32-22-6-4-5-20(27)14-22/h4-8,11,13-15,24H,3,9-10,12,16H2,1-2H3. The molecule has 5 rings (SSSR count). The van der Waals surface area contributed by atoms with Crippen molar-refractivity contribution in [3.8, 4) is 17.2 Å². The second-order valence-electron chi connectivity index (χ2n) is 8.13. The highest BCUT2D eigenvalue weighted by molar-refractivity contribution is 7.95. The number of halogens is 1. The molecule has 2 aliphatic heterocycles. The van der Waals surface area contributed by atoms with E-state index in [1.807, 2.05) is 13.0 Å². The van der Waals surface area contributed by atoms with Crippen LogP contribution in [0, 0.1) is 5.82 Å². The summed E-state index contributed by atoms with van der Waals surface area (Å²) >= 11 is 1.14.